The Balaban J connectivity index is 1.57. The van der Waals surface area contributed by atoms with Crippen molar-refractivity contribution in [2.45, 2.75) is 45.7 Å². The Kier molecular flexibility index (Phi) is 4.19. The fraction of sp³-hybridized carbons (Fsp3) is 0.500. The van der Waals surface area contributed by atoms with Gasteiger partial charge in [0.25, 0.3) is 0 Å². The van der Waals surface area contributed by atoms with Crippen molar-refractivity contribution >= 4 is 11.6 Å². The second-order valence-electron chi connectivity index (χ2n) is 6.34. The van der Waals surface area contributed by atoms with Crippen molar-refractivity contribution in [3.05, 3.63) is 41.5 Å². The summed E-state index contributed by atoms with van der Waals surface area (Å²) in [6.07, 6.45) is 4.53. The first-order valence-corrected chi connectivity index (χ1v) is 8.91. The molecule has 0 radical (unpaired) electrons. The van der Waals surface area contributed by atoms with Crippen molar-refractivity contribution in [2.24, 2.45) is 4.99 Å². The topological polar surface area (TPSA) is 58.3 Å². The number of guanidine groups is 1. The summed E-state index contributed by atoms with van der Waals surface area (Å²) in [6.45, 7) is 5.54. The van der Waals surface area contributed by atoms with Gasteiger partial charge in [-0.05, 0) is 37.8 Å². The second-order valence-corrected chi connectivity index (χ2v) is 6.34. The van der Waals surface area contributed by atoms with Gasteiger partial charge in [-0.25, -0.2) is 4.99 Å². The molecule has 1 aromatic carbocycles. The zero-order chi connectivity index (χ0) is 16.4. The molecule has 24 heavy (non-hydrogen) atoms. The summed E-state index contributed by atoms with van der Waals surface area (Å²) in [6, 6.07) is 8.58. The Bertz CT molecular complexity index is 748. The van der Waals surface area contributed by atoms with E-state index in [4.69, 9.17) is 4.99 Å². The van der Waals surface area contributed by atoms with Gasteiger partial charge in [0.2, 0.25) is 0 Å². The molecule has 126 valence electrons. The van der Waals surface area contributed by atoms with Crippen LogP contribution in [0.3, 0.4) is 0 Å². The average molecular weight is 324 g/mol. The van der Waals surface area contributed by atoms with Crippen molar-refractivity contribution in [3.8, 4) is 0 Å². The van der Waals surface area contributed by atoms with Gasteiger partial charge in [0.05, 0.1) is 0 Å². The van der Waals surface area contributed by atoms with Gasteiger partial charge >= 0.3 is 0 Å². The van der Waals surface area contributed by atoms with E-state index in [0.717, 1.165) is 50.1 Å². The first kappa shape index (κ1) is 15.2. The minimum atomic E-state index is 0.577. The summed E-state index contributed by atoms with van der Waals surface area (Å²) in [7, 11) is 0. The van der Waals surface area contributed by atoms with E-state index in [0.29, 0.717) is 6.54 Å². The molecule has 2 aliphatic heterocycles. The maximum absolute atomic E-state index is 4.85. The number of nitrogens with zero attached hydrogens (tertiary/aromatic N) is 5. The number of rotatable bonds is 3. The number of para-hydroxylation sites is 1. The molecule has 6 nitrogen and oxygen atoms in total. The quantitative estimate of drug-likeness (QED) is 0.694. The fourth-order valence-electron chi connectivity index (χ4n) is 3.58. The normalized spacial score (nSPS) is 16.9. The van der Waals surface area contributed by atoms with E-state index >= 15 is 0 Å². The molecule has 0 spiro atoms. The van der Waals surface area contributed by atoms with Crippen LogP contribution in [0.15, 0.2) is 29.3 Å². The molecule has 3 heterocycles. The van der Waals surface area contributed by atoms with E-state index < -0.39 is 0 Å². The second kappa shape index (κ2) is 6.63. The average Bonchev–Trinajstić information content (AvgIpc) is 3.23. The van der Waals surface area contributed by atoms with Crippen LogP contribution in [0.4, 0.5) is 5.69 Å². The summed E-state index contributed by atoms with van der Waals surface area (Å²) >= 11 is 0. The zero-order valence-corrected chi connectivity index (χ0v) is 14.2. The predicted octanol–water partition coefficient (Wildman–Crippen LogP) is 2.14. The van der Waals surface area contributed by atoms with Gasteiger partial charge in [-0.15, -0.1) is 10.2 Å². The Labute approximate surface area is 142 Å². The highest BCUT2D eigenvalue weighted by molar-refractivity contribution is 5.97. The van der Waals surface area contributed by atoms with Gasteiger partial charge in [0.1, 0.15) is 12.4 Å². The van der Waals surface area contributed by atoms with E-state index in [1.165, 1.54) is 24.1 Å². The lowest BCUT2D eigenvalue weighted by atomic mass is 10.2. The molecule has 6 heteroatoms. The van der Waals surface area contributed by atoms with Gasteiger partial charge < -0.3 is 14.8 Å². The van der Waals surface area contributed by atoms with Crippen LogP contribution in [-0.2, 0) is 25.9 Å². The van der Waals surface area contributed by atoms with Crippen LogP contribution >= 0.6 is 0 Å². The molecule has 0 amide bonds. The van der Waals surface area contributed by atoms with Crippen LogP contribution in [0.2, 0.25) is 0 Å². The number of aliphatic imine (C=N–C) groups is 1. The number of aromatic nitrogens is 3. The highest BCUT2D eigenvalue weighted by Crippen LogP contribution is 2.27. The summed E-state index contributed by atoms with van der Waals surface area (Å²) in [5.74, 6) is 3.03. The van der Waals surface area contributed by atoms with Crippen LogP contribution in [0, 0.1) is 0 Å². The lowest BCUT2D eigenvalue weighted by molar-refractivity contribution is 0.508. The number of hydrogen-bond acceptors (Lipinski definition) is 3. The standard InChI is InChI=1S/C18H24N6/c1-2-19-18(23-12-10-14-7-3-4-8-15(14)23)20-13-17-22-21-16-9-5-6-11-24(16)17/h3-4,7-8H,2,5-6,9-13H2,1H3,(H,19,20). The minimum absolute atomic E-state index is 0.577. The molecule has 0 unspecified atom stereocenters. The van der Waals surface area contributed by atoms with E-state index in [-0.39, 0.29) is 0 Å². The molecule has 1 N–H and O–H groups in total. The number of hydrogen-bond donors (Lipinski definition) is 1. The van der Waals surface area contributed by atoms with Crippen LogP contribution < -0.4 is 10.2 Å². The third-order valence-corrected chi connectivity index (χ3v) is 4.78. The Morgan fingerprint density at radius 1 is 1.17 bits per heavy atom. The number of aryl methyl sites for hydroxylation is 1. The van der Waals surface area contributed by atoms with Gasteiger partial charge in [0, 0.05) is 31.7 Å². The van der Waals surface area contributed by atoms with Crippen LogP contribution in [-0.4, -0.2) is 33.8 Å². The smallest absolute Gasteiger partial charge is 0.198 e. The number of fused-ring (bicyclic) bond motifs is 2. The summed E-state index contributed by atoms with van der Waals surface area (Å²) in [4.78, 5) is 7.14. The maximum atomic E-state index is 4.85. The number of nitrogens with one attached hydrogen (secondary N) is 1. The van der Waals surface area contributed by atoms with Crippen LogP contribution in [0.5, 0.6) is 0 Å². The molecule has 2 aromatic rings. The Hall–Kier alpha value is -2.37. The molecule has 0 atom stereocenters. The number of benzene rings is 1. The lowest BCUT2D eigenvalue weighted by Gasteiger charge is -2.22. The van der Waals surface area contributed by atoms with Crippen LogP contribution in [0.1, 0.15) is 37.0 Å². The summed E-state index contributed by atoms with van der Waals surface area (Å²) < 4.78 is 2.24. The third-order valence-electron chi connectivity index (χ3n) is 4.78. The maximum Gasteiger partial charge on any atom is 0.198 e. The van der Waals surface area contributed by atoms with E-state index in [1.54, 1.807) is 0 Å². The largest absolute Gasteiger partial charge is 0.356 e. The van der Waals surface area contributed by atoms with E-state index in [9.17, 15) is 0 Å². The highest BCUT2D eigenvalue weighted by atomic mass is 15.3. The van der Waals surface area contributed by atoms with E-state index in [2.05, 4.69) is 56.2 Å². The molecule has 0 fully saturated rings. The minimum Gasteiger partial charge on any atom is -0.356 e. The molecule has 1 aromatic heterocycles. The molecule has 4 rings (SSSR count). The summed E-state index contributed by atoms with van der Waals surface area (Å²) in [5, 5.41) is 12.1. The fourth-order valence-corrected chi connectivity index (χ4v) is 3.58. The number of anilines is 1. The monoisotopic (exact) mass is 324 g/mol. The summed E-state index contributed by atoms with van der Waals surface area (Å²) in [5.41, 5.74) is 2.66. The highest BCUT2D eigenvalue weighted by Gasteiger charge is 2.23. The lowest BCUT2D eigenvalue weighted by Crippen LogP contribution is -2.40. The van der Waals surface area contributed by atoms with Crippen molar-refractivity contribution in [2.75, 3.05) is 18.0 Å². The van der Waals surface area contributed by atoms with Gasteiger partial charge in [-0.2, -0.15) is 0 Å². The molecule has 0 bridgehead atoms. The zero-order valence-electron chi connectivity index (χ0n) is 14.2. The van der Waals surface area contributed by atoms with Crippen LogP contribution in [0.25, 0.3) is 0 Å². The van der Waals surface area contributed by atoms with Gasteiger partial charge in [0.15, 0.2) is 11.8 Å². The first-order chi connectivity index (χ1) is 11.9. The SMILES string of the molecule is CCNC(=NCc1nnc2n1CCCC2)N1CCc2ccccc21. The molecule has 0 saturated carbocycles. The Morgan fingerprint density at radius 2 is 2.08 bits per heavy atom. The predicted molar refractivity (Wildman–Crippen MR) is 95.3 cm³/mol. The molecular weight excluding hydrogens is 300 g/mol. The Morgan fingerprint density at radius 3 is 3.00 bits per heavy atom. The molecule has 0 aliphatic carbocycles. The molecular formula is C18H24N6. The van der Waals surface area contributed by atoms with Crippen molar-refractivity contribution in [3.63, 3.8) is 0 Å². The molecule has 0 saturated heterocycles. The first-order valence-electron chi connectivity index (χ1n) is 8.91. The third kappa shape index (κ3) is 2.77. The van der Waals surface area contributed by atoms with Gasteiger partial charge in [-0.1, -0.05) is 18.2 Å². The van der Waals surface area contributed by atoms with E-state index in [1.807, 2.05) is 0 Å². The van der Waals surface area contributed by atoms with Crippen molar-refractivity contribution in [1.29, 1.82) is 0 Å². The molecule has 2 aliphatic rings. The van der Waals surface area contributed by atoms with Crippen molar-refractivity contribution in [1.82, 2.24) is 20.1 Å². The van der Waals surface area contributed by atoms with Crippen molar-refractivity contribution < 1.29 is 0 Å². The van der Waals surface area contributed by atoms with Gasteiger partial charge in [-0.3, -0.25) is 0 Å².